The number of aliphatic carboxylic acids is 1. The molecule has 1 aromatic rings. The number of nitrogens with zero attached hydrogens (tertiary/aromatic N) is 1. The predicted molar refractivity (Wildman–Crippen MR) is 107 cm³/mol. The Bertz CT molecular complexity index is 757. The summed E-state index contributed by atoms with van der Waals surface area (Å²) < 4.78 is 0. The van der Waals surface area contributed by atoms with Crippen LogP contribution in [0, 0.1) is 0 Å². The van der Waals surface area contributed by atoms with Gasteiger partial charge in [0.05, 0.1) is 12.4 Å². The summed E-state index contributed by atoms with van der Waals surface area (Å²) in [5, 5.41) is 15.6. The van der Waals surface area contributed by atoms with Crippen LogP contribution in [0.3, 0.4) is 0 Å². The fourth-order valence-corrected chi connectivity index (χ4v) is 2.57. The third kappa shape index (κ3) is 8.91. The number of nitrogens with one attached hydrogen (secondary N) is 4. The van der Waals surface area contributed by atoms with Crippen molar-refractivity contribution in [2.24, 2.45) is 11.5 Å². The van der Waals surface area contributed by atoms with Gasteiger partial charge in [-0.25, -0.2) is 4.98 Å². The molecule has 166 valence electrons. The summed E-state index contributed by atoms with van der Waals surface area (Å²) >= 11 is 4.03. The quantitative estimate of drug-likeness (QED) is 0.143. The van der Waals surface area contributed by atoms with Crippen molar-refractivity contribution in [1.82, 2.24) is 25.9 Å². The number of nitrogens with two attached hydrogens (primary N) is 2. The zero-order valence-corrected chi connectivity index (χ0v) is 16.9. The number of rotatable bonds is 13. The number of primary amides is 1. The van der Waals surface area contributed by atoms with E-state index in [-0.39, 0.29) is 25.0 Å². The van der Waals surface area contributed by atoms with Gasteiger partial charge in [0.2, 0.25) is 23.6 Å². The zero-order valence-electron chi connectivity index (χ0n) is 16.0. The number of carbonyl (C=O) groups excluding carboxylic acids is 4. The lowest BCUT2D eigenvalue weighted by Crippen LogP contribution is -2.57. The summed E-state index contributed by atoms with van der Waals surface area (Å²) in [6.07, 6.45) is 2.73. The molecule has 1 rings (SSSR count). The lowest BCUT2D eigenvalue weighted by molar-refractivity contribution is -0.138. The van der Waals surface area contributed by atoms with Crippen molar-refractivity contribution >= 4 is 42.2 Å². The Labute approximate surface area is 177 Å². The summed E-state index contributed by atoms with van der Waals surface area (Å²) in [5.74, 6) is -4.28. The number of hydrogen-bond donors (Lipinski definition) is 8. The van der Waals surface area contributed by atoms with E-state index in [1.165, 1.54) is 12.5 Å². The number of imidazole rings is 1. The Morgan fingerprint density at radius 1 is 1.13 bits per heavy atom. The molecule has 0 aliphatic rings. The van der Waals surface area contributed by atoms with Crippen LogP contribution in [0.15, 0.2) is 12.5 Å². The fraction of sp³-hybridized carbons (Fsp3) is 0.500. The van der Waals surface area contributed by atoms with Gasteiger partial charge in [-0.3, -0.25) is 24.0 Å². The molecule has 3 atom stereocenters. The molecule has 0 saturated heterocycles. The minimum Gasteiger partial charge on any atom is -0.480 e. The maximum atomic E-state index is 12.5. The monoisotopic (exact) mass is 443 g/mol. The molecule has 14 heteroatoms. The highest BCUT2D eigenvalue weighted by Crippen LogP contribution is 2.01. The van der Waals surface area contributed by atoms with Crippen molar-refractivity contribution in [2.45, 2.75) is 37.4 Å². The number of H-pyrrole nitrogens is 1. The normalized spacial score (nSPS) is 13.5. The Hall–Kier alpha value is -3.13. The number of thiol groups is 1. The van der Waals surface area contributed by atoms with Gasteiger partial charge in [0.25, 0.3) is 0 Å². The molecule has 1 heterocycles. The Kier molecular flexibility index (Phi) is 10.3. The molecule has 13 nitrogen and oxygen atoms in total. The maximum absolute atomic E-state index is 12.5. The Morgan fingerprint density at radius 2 is 1.80 bits per heavy atom. The van der Waals surface area contributed by atoms with Gasteiger partial charge in [0.1, 0.15) is 18.6 Å². The van der Waals surface area contributed by atoms with Gasteiger partial charge in [0.15, 0.2) is 0 Å². The van der Waals surface area contributed by atoms with Crippen LogP contribution in [-0.4, -0.2) is 75.1 Å². The minimum atomic E-state index is -1.28. The molecular formula is C16H25N7O6S. The van der Waals surface area contributed by atoms with Crippen LogP contribution in [0.25, 0.3) is 0 Å². The highest BCUT2D eigenvalue weighted by Gasteiger charge is 2.28. The van der Waals surface area contributed by atoms with Crippen LogP contribution < -0.4 is 27.4 Å². The molecule has 0 saturated carbocycles. The highest BCUT2D eigenvalue weighted by atomic mass is 32.1. The van der Waals surface area contributed by atoms with E-state index in [4.69, 9.17) is 16.6 Å². The standard InChI is InChI=1S/C16H25N7O6S/c17-9(3-8-4-19-7-21-8)14(27)23-11(6-30)16(29)22-10(1-2-12(18)24)15(28)20-5-13(25)26/h4,7,9-11,30H,1-3,5-6,17H2,(H2,18,24)(H,19,21)(H,20,28)(H,22,29)(H,23,27)(H,25,26). The summed E-state index contributed by atoms with van der Waals surface area (Å²) in [5.41, 5.74) is 11.5. The molecule has 0 bridgehead atoms. The van der Waals surface area contributed by atoms with E-state index in [2.05, 4.69) is 38.5 Å². The second-order valence-electron chi connectivity index (χ2n) is 6.31. The van der Waals surface area contributed by atoms with Gasteiger partial charge < -0.3 is 37.5 Å². The van der Waals surface area contributed by atoms with Crippen molar-refractivity contribution < 1.29 is 29.1 Å². The number of carboxylic acid groups (broad SMARTS) is 1. The SMILES string of the molecule is NC(=O)CCC(NC(=O)C(CS)NC(=O)C(N)Cc1cnc[nH]1)C(=O)NCC(=O)O. The number of amides is 4. The third-order valence-corrected chi connectivity index (χ3v) is 4.24. The Morgan fingerprint density at radius 3 is 2.33 bits per heavy atom. The first-order valence-electron chi connectivity index (χ1n) is 8.86. The molecule has 30 heavy (non-hydrogen) atoms. The number of carbonyl (C=O) groups is 5. The lowest BCUT2D eigenvalue weighted by Gasteiger charge is -2.23. The minimum absolute atomic E-state index is 0.104. The van der Waals surface area contributed by atoms with Crippen LogP contribution in [0.1, 0.15) is 18.5 Å². The van der Waals surface area contributed by atoms with E-state index in [0.29, 0.717) is 5.69 Å². The van der Waals surface area contributed by atoms with Crippen LogP contribution in [0.2, 0.25) is 0 Å². The molecule has 0 aromatic carbocycles. The lowest BCUT2D eigenvalue weighted by atomic mass is 10.1. The first kappa shape index (κ1) is 24.9. The molecule has 0 fully saturated rings. The number of aromatic nitrogens is 2. The molecule has 9 N–H and O–H groups in total. The van der Waals surface area contributed by atoms with E-state index in [9.17, 15) is 24.0 Å². The molecule has 3 unspecified atom stereocenters. The molecule has 1 aromatic heterocycles. The average Bonchev–Trinajstić information content (AvgIpc) is 3.19. The van der Waals surface area contributed by atoms with E-state index < -0.39 is 54.3 Å². The zero-order chi connectivity index (χ0) is 22.7. The molecule has 0 aliphatic heterocycles. The van der Waals surface area contributed by atoms with Crippen LogP contribution in [0.4, 0.5) is 0 Å². The predicted octanol–water partition coefficient (Wildman–Crippen LogP) is -3.35. The number of carboxylic acids is 1. The van der Waals surface area contributed by atoms with Crippen molar-refractivity contribution in [3.05, 3.63) is 18.2 Å². The van der Waals surface area contributed by atoms with Gasteiger partial charge in [0, 0.05) is 30.5 Å². The first-order chi connectivity index (χ1) is 14.1. The van der Waals surface area contributed by atoms with Crippen molar-refractivity contribution in [3.63, 3.8) is 0 Å². The van der Waals surface area contributed by atoms with E-state index in [1.54, 1.807) is 0 Å². The number of hydrogen-bond acceptors (Lipinski definition) is 8. The molecule has 0 aliphatic carbocycles. The topological polar surface area (TPSA) is 222 Å². The van der Waals surface area contributed by atoms with E-state index >= 15 is 0 Å². The van der Waals surface area contributed by atoms with Gasteiger partial charge >= 0.3 is 5.97 Å². The van der Waals surface area contributed by atoms with Gasteiger partial charge in [-0.15, -0.1) is 0 Å². The smallest absolute Gasteiger partial charge is 0.322 e. The number of aromatic amines is 1. The summed E-state index contributed by atoms with van der Waals surface area (Å²) in [4.78, 5) is 65.2. The molecule has 0 radical (unpaired) electrons. The average molecular weight is 443 g/mol. The first-order valence-corrected chi connectivity index (χ1v) is 9.49. The molecule has 0 spiro atoms. The van der Waals surface area contributed by atoms with E-state index in [1.807, 2.05) is 0 Å². The van der Waals surface area contributed by atoms with Crippen molar-refractivity contribution in [2.75, 3.05) is 12.3 Å². The molecule has 4 amide bonds. The van der Waals surface area contributed by atoms with Crippen LogP contribution >= 0.6 is 12.6 Å². The van der Waals surface area contributed by atoms with Crippen LogP contribution in [-0.2, 0) is 30.4 Å². The Balaban J connectivity index is 2.72. The van der Waals surface area contributed by atoms with Crippen molar-refractivity contribution in [1.29, 1.82) is 0 Å². The van der Waals surface area contributed by atoms with E-state index in [0.717, 1.165) is 0 Å². The molecular weight excluding hydrogens is 418 g/mol. The second-order valence-corrected chi connectivity index (χ2v) is 6.67. The second kappa shape index (κ2) is 12.4. The van der Waals surface area contributed by atoms with Crippen LogP contribution in [0.5, 0.6) is 0 Å². The third-order valence-electron chi connectivity index (χ3n) is 3.87. The van der Waals surface area contributed by atoms with Gasteiger partial charge in [-0.2, -0.15) is 12.6 Å². The van der Waals surface area contributed by atoms with Crippen molar-refractivity contribution in [3.8, 4) is 0 Å². The summed E-state index contributed by atoms with van der Waals surface area (Å²) in [6.45, 7) is -0.670. The largest absolute Gasteiger partial charge is 0.480 e. The highest BCUT2D eigenvalue weighted by molar-refractivity contribution is 7.80. The van der Waals surface area contributed by atoms with Gasteiger partial charge in [-0.05, 0) is 6.42 Å². The van der Waals surface area contributed by atoms with Gasteiger partial charge in [-0.1, -0.05) is 0 Å². The summed E-state index contributed by atoms with van der Waals surface area (Å²) in [7, 11) is 0. The fourth-order valence-electron chi connectivity index (χ4n) is 2.31. The maximum Gasteiger partial charge on any atom is 0.322 e. The summed E-state index contributed by atoms with van der Waals surface area (Å²) in [6, 6.07) is -3.33.